The lowest BCUT2D eigenvalue weighted by atomic mass is 9.77. The van der Waals surface area contributed by atoms with Crippen molar-refractivity contribution in [3.63, 3.8) is 0 Å². The third-order valence-electron chi connectivity index (χ3n) is 6.52. The summed E-state index contributed by atoms with van der Waals surface area (Å²) >= 11 is 6.22. The number of aromatic nitrogens is 1. The second kappa shape index (κ2) is 8.57. The molecule has 0 saturated carbocycles. The highest BCUT2D eigenvalue weighted by Crippen LogP contribution is 2.46. The van der Waals surface area contributed by atoms with Crippen LogP contribution in [0.1, 0.15) is 32.3 Å². The van der Waals surface area contributed by atoms with E-state index >= 15 is 8.78 Å². The number of carbonyl (C=O) groups is 1. The predicted molar refractivity (Wildman–Crippen MR) is 135 cm³/mol. The van der Waals surface area contributed by atoms with Gasteiger partial charge < -0.3 is 15.0 Å². The largest absolute Gasteiger partial charge is 0.443 e. The molecular weight excluding hydrogens is 472 g/mol. The Hall–Kier alpha value is -3.58. The molecule has 2 atom stereocenters. The van der Waals surface area contributed by atoms with Crippen molar-refractivity contribution < 1.29 is 18.3 Å². The van der Waals surface area contributed by atoms with E-state index in [4.69, 9.17) is 16.3 Å². The number of halogens is 3. The maximum absolute atomic E-state index is 16.1. The summed E-state index contributed by atoms with van der Waals surface area (Å²) in [4.78, 5) is 15.7. The molecule has 2 heterocycles. The lowest BCUT2D eigenvalue weighted by Gasteiger charge is -2.44. The molecule has 0 fully saturated rings. The van der Waals surface area contributed by atoms with Crippen LogP contribution in [0.25, 0.3) is 22.0 Å². The highest BCUT2D eigenvalue weighted by atomic mass is 35.5. The predicted octanol–water partition coefficient (Wildman–Crippen LogP) is 7.69. The number of ether oxygens (including phenoxy) is 1. The maximum atomic E-state index is 16.1. The molecule has 5 rings (SSSR count). The van der Waals surface area contributed by atoms with Crippen molar-refractivity contribution >= 4 is 40.0 Å². The van der Waals surface area contributed by atoms with Gasteiger partial charge in [-0.2, -0.15) is 0 Å². The fourth-order valence-corrected chi connectivity index (χ4v) is 5.20. The molecule has 0 bridgehead atoms. The van der Waals surface area contributed by atoms with Crippen LogP contribution >= 0.6 is 11.6 Å². The molecule has 3 N–H and O–H groups in total. The monoisotopic (exact) mass is 495 g/mol. The van der Waals surface area contributed by atoms with Gasteiger partial charge in [-0.05, 0) is 32.0 Å². The summed E-state index contributed by atoms with van der Waals surface area (Å²) in [6.07, 6.45) is 0.202. The van der Waals surface area contributed by atoms with Gasteiger partial charge in [0.2, 0.25) is 0 Å². The van der Waals surface area contributed by atoms with Crippen molar-refractivity contribution in [1.29, 1.82) is 0 Å². The van der Waals surface area contributed by atoms with Crippen LogP contribution in [0.4, 0.5) is 25.0 Å². The molecule has 1 aromatic heterocycles. The van der Waals surface area contributed by atoms with Crippen LogP contribution in [0.3, 0.4) is 0 Å². The zero-order valence-corrected chi connectivity index (χ0v) is 20.1. The molecule has 35 heavy (non-hydrogen) atoms. The molecule has 5 nitrogen and oxygen atoms in total. The van der Waals surface area contributed by atoms with Crippen LogP contribution in [0.5, 0.6) is 0 Å². The van der Waals surface area contributed by atoms with Crippen LogP contribution in [-0.4, -0.2) is 22.7 Å². The molecule has 3 aromatic carbocycles. The second-order valence-corrected chi connectivity index (χ2v) is 9.73. The number of para-hydroxylation sites is 2. The average Bonchev–Trinajstić information content (AvgIpc) is 3.18. The van der Waals surface area contributed by atoms with Gasteiger partial charge in [-0.1, -0.05) is 54.9 Å². The van der Waals surface area contributed by atoms with Crippen LogP contribution in [0.15, 0.2) is 60.8 Å². The van der Waals surface area contributed by atoms with Crippen LogP contribution < -0.4 is 10.6 Å². The quantitative estimate of drug-likeness (QED) is 0.273. The minimum atomic E-state index is -0.784. The molecule has 1 aliphatic heterocycles. The topological polar surface area (TPSA) is 66.1 Å². The van der Waals surface area contributed by atoms with E-state index in [2.05, 4.69) is 15.6 Å². The van der Waals surface area contributed by atoms with E-state index in [0.29, 0.717) is 32.9 Å². The Labute approximate surface area is 206 Å². The lowest BCUT2D eigenvalue weighted by molar-refractivity contribution is 0.0561. The molecule has 8 heteroatoms. The van der Waals surface area contributed by atoms with Gasteiger partial charge in [0.1, 0.15) is 17.7 Å². The van der Waals surface area contributed by atoms with E-state index in [-0.39, 0.29) is 11.1 Å². The number of hydrogen-bond donors (Lipinski definition) is 3. The summed E-state index contributed by atoms with van der Waals surface area (Å²) in [7, 11) is 0. The summed E-state index contributed by atoms with van der Waals surface area (Å²) in [6, 6.07) is 15.4. The number of aromatic amines is 1. The van der Waals surface area contributed by atoms with Gasteiger partial charge in [-0.25, -0.2) is 13.6 Å². The molecule has 0 aliphatic carbocycles. The molecule has 180 valence electrons. The first-order chi connectivity index (χ1) is 16.7. The van der Waals surface area contributed by atoms with Crippen LogP contribution in [0.2, 0.25) is 5.02 Å². The van der Waals surface area contributed by atoms with Crippen LogP contribution in [0, 0.1) is 11.6 Å². The first kappa shape index (κ1) is 23.2. The Morgan fingerprint density at radius 1 is 1.11 bits per heavy atom. The Morgan fingerprint density at radius 3 is 2.60 bits per heavy atom. The van der Waals surface area contributed by atoms with Gasteiger partial charge in [0.15, 0.2) is 0 Å². The molecule has 1 aliphatic rings. The SMILES string of the molecule is CC1c2c(cc(F)c(-c3cccc4c(Cl)c[nH]c34)c2F)NC(C)(C)C1OC(=O)Nc1ccccc1. The maximum Gasteiger partial charge on any atom is 0.411 e. The van der Waals surface area contributed by atoms with E-state index in [0.717, 1.165) is 0 Å². The zero-order valence-electron chi connectivity index (χ0n) is 19.4. The summed E-state index contributed by atoms with van der Waals surface area (Å²) < 4.78 is 37.3. The minimum absolute atomic E-state index is 0.159. The highest BCUT2D eigenvalue weighted by Gasteiger charge is 2.45. The van der Waals surface area contributed by atoms with Crippen molar-refractivity contribution in [2.24, 2.45) is 0 Å². The number of benzene rings is 3. The summed E-state index contributed by atoms with van der Waals surface area (Å²) in [5, 5.41) is 7.01. The van der Waals surface area contributed by atoms with Gasteiger partial charge in [0.05, 0.1) is 21.6 Å². The summed E-state index contributed by atoms with van der Waals surface area (Å²) in [5.74, 6) is -1.96. The van der Waals surface area contributed by atoms with E-state index < -0.39 is 35.3 Å². The Morgan fingerprint density at radius 2 is 1.86 bits per heavy atom. The molecular formula is C27H24ClF2N3O2. The Bertz CT molecular complexity index is 1440. The minimum Gasteiger partial charge on any atom is -0.443 e. The number of rotatable bonds is 3. The van der Waals surface area contributed by atoms with E-state index in [1.54, 1.807) is 55.6 Å². The number of H-pyrrole nitrogens is 1. The number of fused-ring (bicyclic) bond motifs is 2. The Kier molecular flexibility index (Phi) is 5.68. The highest BCUT2D eigenvalue weighted by molar-refractivity contribution is 6.36. The van der Waals surface area contributed by atoms with Crippen molar-refractivity contribution in [2.75, 3.05) is 10.6 Å². The van der Waals surface area contributed by atoms with Gasteiger partial charge in [0, 0.05) is 40.0 Å². The number of anilines is 2. The molecule has 0 spiro atoms. The first-order valence-corrected chi connectivity index (χ1v) is 11.6. The fraction of sp³-hybridized carbons (Fsp3) is 0.222. The standard InChI is InChI=1S/C27H24ClF2N3O2/c1-14-21-20(33-27(2,3)25(14)35-26(34)32-15-8-5-4-6-9-15)12-19(29)22(23(21)30)17-11-7-10-16-18(28)13-31-24(16)17/h4-14,25,31,33H,1-3H3,(H,32,34). The van der Waals surface area contributed by atoms with E-state index in [1.807, 2.05) is 19.9 Å². The van der Waals surface area contributed by atoms with Crippen molar-refractivity contribution in [2.45, 2.75) is 38.3 Å². The Balaban J connectivity index is 1.55. The van der Waals surface area contributed by atoms with Crippen molar-refractivity contribution in [3.8, 4) is 11.1 Å². The normalized spacial score (nSPS) is 18.6. The third kappa shape index (κ3) is 4.00. The number of carbonyl (C=O) groups excluding carboxylic acids is 1. The molecule has 0 radical (unpaired) electrons. The van der Waals surface area contributed by atoms with E-state index in [1.165, 1.54) is 6.07 Å². The fourth-order valence-electron chi connectivity index (χ4n) is 4.99. The molecule has 1 amide bonds. The van der Waals surface area contributed by atoms with Gasteiger partial charge in [0.25, 0.3) is 0 Å². The average molecular weight is 496 g/mol. The number of amides is 1. The molecule has 4 aromatic rings. The first-order valence-electron chi connectivity index (χ1n) is 11.3. The third-order valence-corrected chi connectivity index (χ3v) is 6.83. The zero-order chi connectivity index (χ0) is 24.9. The summed E-state index contributed by atoms with van der Waals surface area (Å²) in [6.45, 7) is 5.44. The number of nitrogens with one attached hydrogen (secondary N) is 3. The van der Waals surface area contributed by atoms with Gasteiger partial charge >= 0.3 is 6.09 Å². The smallest absolute Gasteiger partial charge is 0.411 e. The van der Waals surface area contributed by atoms with E-state index in [9.17, 15) is 4.79 Å². The van der Waals surface area contributed by atoms with Crippen molar-refractivity contribution in [1.82, 2.24) is 4.98 Å². The summed E-state index contributed by atoms with van der Waals surface area (Å²) in [5.41, 5.74) is 1.14. The van der Waals surface area contributed by atoms with Gasteiger partial charge in [-0.15, -0.1) is 0 Å². The van der Waals surface area contributed by atoms with Gasteiger partial charge in [-0.3, -0.25) is 5.32 Å². The lowest BCUT2D eigenvalue weighted by Crippen LogP contribution is -2.52. The second-order valence-electron chi connectivity index (χ2n) is 9.33. The molecule has 0 saturated heterocycles. The molecule has 2 unspecified atom stereocenters. The van der Waals surface area contributed by atoms with Crippen molar-refractivity contribution in [3.05, 3.63) is 83.0 Å². The van der Waals surface area contributed by atoms with Crippen LogP contribution in [-0.2, 0) is 4.74 Å². The number of hydrogen-bond acceptors (Lipinski definition) is 3.